The molecule has 146 valence electrons. The third-order valence-electron chi connectivity index (χ3n) is 4.79. The number of carbonyl (C=O) groups is 1. The summed E-state index contributed by atoms with van der Waals surface area (Å²) in [5, 5.41) is 2.98. The molecule has 1 fully saturated rings. The Morgan fingerprint density at radius 3 is 2.69 bits per heavy atom. The molecule has 0 spiro atoms. The summed E-state index contributed by atoms with van der Waals surface area (Å²) in [6.45, 7) is 0.831. The summed E-state index contributed by atoms with van der Waals surface area (Å²) in [7, 11) is -2.18. The van der Waals surface area contributed by atoms with Crippen LogP contribution in [-0.2, 0) is 14.8 Å². The average Bonchev–Trinajstić information content (AvgIpc) is 2.67. The van der Waals surface area contributed by atoms with Gasteiger partial charge in [-0.2, -0.15) is 0 Å². The SMILES string of the molecule is COCCNS(=O)(=O)c1cccc(C(=O)NC(CN)C2CCCCC2)c1. The molecule has 1 amide bonds. The number of methoxy groups -OCH3 is 1. The first-order valence-corrected chi connectivity index (χ1v) is 10.6. The summed E-state index contributed by atoms with van der Waals surface area (Å²) in [4.78, 5) is 12.7. The molecule has 2 rings (SSSR count). The molecule has 0 bridgehead atoms. The van der Waals surface area contributed by atoms with Crippen molar-refractivity contribution in [2.45, 2.75) is 43.0 Å². The van der Waals surface area contributed by atoms with Gasteiger partial charge in [0, 0.05) is 31.8 Å². The van der Waals surface area contributed by atoms with Gasteiger partial charge < -0.3 is 15.8 Å². The lowest BCUT2D eigenvalue weighted by molar-refractivity contribution is 0.0915. The highest BCUT2D eigenvalue weighted by Gasteiger charge is 2.25. The predicted molar refractivity (Wildman–Crippen MR) is 100 cm³/mol. The van der Waals surface area contributed by atoms with Crippen molar-refractivity contribution in [3.63, 3.8) is 0 Å². The zero-order chi connectivity index (χ0) is 19.0. The van der Waals surface area contributed by atoms with E-state index in [4.69, 9.17) is 10.5 Å². The van der Waals surface area contributed by atoms with Crippen LogP contribution in [0.1, 0.15) is 42.5 Å². The van der Waals surface area contributed by atoms with Crippen LogP contribution < -0.4 is 15.8 Å². The van der Waals surface area contributed by atoms with Crippen molar-refractivity contribution in [2.24, 2.45) is 11.7 Å². The number of sulfonamides is 1. The number of nitrogens with two attached hydrogens (primary N) is 1. The molecule has 1 aliphatic rings. The van der Waals surface area contributed by atoms with Crippen LogP contribution in [0.2, 0.25) is 0 Å². The van der Waals surface area contributed by atoms with Crippen LogP contribution in [-0.4, -0.2) is 47.2 Å². The molecular weight excluding hydrogens is 354 g/mol. The van der Waals surface area contributed by atoms with Crippen molar-refractivity contribution in [1.29, 1.82) is 0 Å². The minimum absolute atomic E-state index is 0.0585. The van der Waals surface area contributed by atoms with Crippen molar-refractivity contribution in [3.8, 4) is 0 Å². The zero-order valence-electron chi connectivity index (χ0n) is 15.2. The molecule has 0 aliphatic heterocycles. The van der Waals surface area contributed by atoms with E-state index in [1.54, 1.807) is 12.1 Å². The highest BCUT2D eigenvalue weighted by atomic mass is 32.2. The van der Waals surface area contributed by atoms with E-state index in [1.165, 1.54) is 25.7 Å². The van der Waals surface area contributed by atoms with Crippen molar-refractivity contribution < 1.29 is 17.9 Å². The molecule has 26 heavy (non-hydrogen) atoms. The molecule has 7 nitrogen and oxygen atoms in total. The van der Waals surface area contributed by atoms with E-state index in [2.05, 4.69) is 10.0 Å². The Kier molecular flexibility index (Phi) is 8.02. The van der Waals surface area contributed by atoms with Crippen LogP contribution in [0, 0.1) is 5.92 Å². The molecule has 1 unspecified atom stereocenters. The van der Waals surface area contributed by atoms with E-state index in [9.17, 15) is 13.2 Å². The third kappa shape index (κ3) is 5.77. The Bertz CT molecular complexity index is 687. The first-order valence-electron chi connectivity index (χ1n) is 9.07. The Morgan fingerprint density at radius 1 is 1.31 bits per heavy atom. The fourth-order valence-electron chi connectivity index (χ4n) is 3.32. The topological polar surface area (TPSA) is 111 Å². The molecule has 1 atom stereocenters. The second-order valence-corrected chi connectivity index (χ2v) is 8.40. The standard InChI is InChI=1S/C18H29N3O4S/c1-25-11-10-20-26(23,24)16-9-5-8-15(12-16)18(22)21-17(13-19)14-6-3-2-4-7-14/h5,8-9,12,14,17,20H,2-4,6-7,10-11,13,19H2,1H3,(H,21,22). The smallest absolute Gasteiger partial charge is 0.251 e. The van der Waals surface area contributed by atoms with E-state index >= 15 is 0 Å². The van der Waals surface area contributed by atoms with Crippen molar-refractivity contribution in [2.75, 3.05) is 26.8 Å². The maximum atomic E-state index is 12.6. The molecule has 0 saturated heterocycles. The normalized spacial score (nSPS) is 17.0. The molecule has 1 saturated carbocycles. The van der Waals surface area contributed by atoms with Crippen LogP contribution in [0.25, 0.3) is 0 Å². The van der Waals surface area contributed by atoms with Gasteiger partial charge in [-0.3, -0.25) is 4.79 Å². The largest absolute Gasteiger partial charge is 0.383 e. The van der Waals surface area contributed by atoms with Gasteiger partial charge in [-0.05, 0) is 37.0 Å². The minimum atomic E-state index is -3.68. The van der Waals surface area contributed by atoms with Crippen molar-refractivity contribution in [1.82, 2.24) is 10.0 Å². The third-order valence-corrected chi connectivity index (χ3v) is 6.25. The Labute approximate surface area is 155 Å². The molecule has 1 aromatic carbocycles. The number of hydrogen-bond donors (Lipinski definition) is 3. The lowest BCUT2D eigenvalue weighted by Crippen LogP contribution is -2.45. The summed E-state index contributed by atoms with van der Waals surface area (Å²) in [6, 6.07) is 5.95. The molecular formula is C18H29N3O4S. The van der Waals surface area contributed by atoms with E-state index in [0.29, 0.717) is 18.0 Å². The molecule has 8 heteroatoms. The van der Waals surface area contributed by atoms with Gasteiger partial charge in [0.15, 0.2) is 0 Å². The maximum absolute atomic E-state index is 12.6. The Hall–Kier alpha value is -1.48. The van der Waals surface area contributed by atoms with Gasteiger partial charge >= 0.3 is 0 Å². The first kappa shape index (κ1) is 20.8. The zero-order valence-corrected chi connectivity index (χ0v) is 16.1. The van der Waals surface area contributed by atoms with E-state index in [1.807, 2.05) is 0 Å². The quantitative estimate of drug-likeness (QED) is 0.556. The highest BCUT2D eigenvalue weighted by molar-refractivity contribution is 7.89. The lowest BCUT2D eigenvalue weighted by atomic mass is 9.84. The monoisotopic (exact) mass is 383 g/mol. The van der Waals surface area contributed by atoms with Gasteiger partial charge in [0.05, 0.1) is 11.5 Å². The van der Waals surface area contributed by atoms with Gasteiger partial charge in [0.25, 0.3) is 5.91 Å². The summed E-state index contributed by atoms with van der Waals surface area (Å²) >= 11 is 0. The highest BCUT2D eigenvalue weighted by Crippen LogP contribution is 2.26. The molecule has 1 aromatic rings. The molecule has 0 aromatic heterocycles. The van der Waals surface area contributed by atoms with Crippen molar-refractivity contribution in [3.05, 3.63) is 29.8 Å². The first-order chi connectivity index (χ1) is 12.5. The Balaban J connectivity index is 2.06. The number of carbonyl (C=O) groups excluding carboxylic acids is 1. The van der Waals surface area contributed by atoms with Gasteiger partial charge in [-0.25, -0.2) is 13.1 Å². The van der Waals surface area contributed by atoms with Crippen LogP contribution >= 0.6 is 0 Å². The maximum Gasteiger partial charge on any atom is 0.251 e. The van der Waals surface area contributed by atoms with Crippen molar-refractivity contribution >= 4 is 15.9 Å². The van der Waals surface area contributed by atoms with E-state index < -0.39 is 10.0 Å². The number of nitrogens with one attached hydrogen (secondary N) is 2. The van der Waals surface area contributed by atoms with E-state index in [0.717, 1.165) is 25.7 Å². The number of benzene rings is 1. The van der Waals surface area contributed by atoms with Crippen LogP contribution in [0.3, 0.4) is 0 Å². The average molecular weight is 384 g/mol. The number of amides is 1. The summed E-state index contributed by atoms with van der Waals surface area (Å²) in [6.07, 6.45) is 5.70. The van der Waals surface area contributed by atoms with Crippen LogP contribution in [0.5, 0.6) is 0 Å². The van der Waals surface area contributed by atoms with Gasteiger partial charge in [0.1, 0.15) is 0 Å². The minimum Gasteiger partial charge on any atom is -0.383 e. The molecule has 1 aliphatic carbocycles. The second-order valence-electron chi connectivity index (χ2n) is 6.63. The summed E-state index contributed by atoms with van der Waals surface area (Å²) < 4.78 is 31.9. The summed E-state index contributed by atoms with van der Waals surface area (Å²) in [5.41, 5.74) is 6.18. The van der Waals surface area contributed by atoms with Crippen LogP contribution in [0.15, 0.2) is 29.2 Å². The van der Waals surface area contributed by atoms with Gasteiger partial charge in [-0.15, -0.1) is 0 Å². The molecule has 0 heterocycles. The molecule has 4 N–H and O–H groups in total. The number of hydrogen-bond acceptors (Lipinski definition) is 5. The Morgan fingerprint density at radius 2 is 2.04 bits per heavy atom. The summed E-state index contributed by atoms with van der Waals surface area (Å²) in [5.74, 6) is 0.0975. The number of rotatable bonds is 9. The lowest BCUT2D eigenvalue weighted by Gasteiger charge is -2.30. The number of ether oxygens (including phenoxy) is 1. The van der Waals surface area contributed by atoms with E-state index in [-0.39, 0.29) is 30.0 Å². The molecule has 0 radical (unpaired) electrons. The van der Waals surface area contributed by atoms with Crippen LogP contribution in [0.4, 0.5) is 0 Å². The van der Waals surface area contributed by atoms with Gasteiger partial charge in [-0.1, -0.05) is 25.3 Å². The fraction of sp³-hybridized carbons (Fsp3) is 0.611. The van der Waals surface area contributed by atoms with Gasteiger partial charge in [0.2, 0.25) is 10.0 Å². The fourth-order valence-corrected chi connectivity index (χ4v) is 4.38. The predicted octanol–water partition coefficient (Wildman–Crippen LogP) is 1.25. The second kappa shape index (κ2) is 10.0.